The molecular formula is C39H62O6. The van der Waals surface area contributed by atoms with Crippen LogP contribution >= 0.6 is 0 Å². The first-order chi connectivity index (χ1) is 21.3. The van der Waals surface area contributed by atoms with Crippen LogP contribution in [0.3, 0.4) is 0 Å². The normalized spacial score (nSPS) is 9.02. The van der Waals surface area contributed by atoms with E-state index in [1.807, 2.05) is 25.1 Å². The van der Waals surface area contributed by atoms with Gasteiger partial charge in [0.15, 0.2) is 10.9 Å². The van der Waals surface area contributed by atoms with Gasteiger partial charge < -0.3 is 13.6 Å². The van der Waals surface area contributed by atoms with Gasteiger partial charge in [-0.2, -0.15) is 0 Å². The highest BCUT2D eigenvalue weighted by molar-refractivity contribution is 5.80. The molecule has 0 radical (unpaired) electrons. The Hall–Kier alpha value is -3.67. The Morgan fingerprint density at radius 3 is 1.56 bits per heavy atom. The molecule has 254 valence electrons. The van der Waals surface area contributed by atoms with Crippen LogP contribution in [0.4, 0.5) is 0 Å². The third-order valence-corrected chi connectivity index (χ3v) is 4.58. The number of fused-ring (bicyclic) bond motifs is 2. The average Bonchev–Trinajstić information content (AvgIpc) is 2.98. The second-order valence-corrected chi connectivity index (χ2v) is 10.6. The third-order valence-electron chi connectivity index (χ3n) is 4.58. The molecule has 0 spiro atoms. The summed E-state index contributed by atoms with van der Waals surface area (Å²) in [5, 5.41) is 1.18. The number of ether oxygens (including phenoxy) is 1. The highest BCUT2D eigenvalue weighted by atomic mass is 16.5. The number of aryl methyl sites for hydroxylation is 3. The van der Waals surface area contributed by atoms with Crippen LogP contribution in [0.15, 0.2) is 67.3 Å². The molecule has 2 aromatic carbocycles. The van der Waals surface area contributed by atoms with Gasteiger partial charge >= 0.3 is 5.97 Å². The van der Waals surface area contributed by atoms with E-state index in [2.05, 4.69) is 69.2 Å². The summed E-state index contributed by atoms with van der Waals surface area (Å²) in [7, 11) is 0. The van der Waals surface area contributed by atoms with E-state index in [0.29, 0.717) is 38.6 Å². The molecule has 0 aliphatic rings. The van der Waals surface area contributed by atoms with Crippen molar-refractivity contribution in [2.75, 3.05) is 0 Å². The van der Waals surface area contributed by atoms with Crippen LogP contribution in [0.25, 0.3) is 21.9 Å². The Kier molecular flexibility index (Phi) is 29.6. The smallest absolute Gasteiger partial charge is 0.302 e. The second kappa shape index (κ2) is 29.1. The van der Waals surface area contributed by atoms with Crippen LogP contribution in [0.1, 0.15) is 131 Å². The van der Waals surface area contributed by atoms with E-state index in [1.165, 1.54) is 51.6 Å². The predicted molar refractivity (Wildman–Crippen MR) is 194 cm³/mol. The van der Waals surface area contributed by atoms with Gasteiger partial charge in [0.1, 0.15) is 17.8 Å². The first-order valence-electron chi connectivity index (χ1n) is 16.5. The van der Waals surface area contributed by atoms with Crippen LogP contribution < -0.4 is 10.9 Å². The Morgan fingerprint density at radius 2 is 1.09 bits per heavy atom. The molecule has 0 saturated carbocycles. The Balaban J connectivity index is -0.000000554. The monoisotopic (exact) mass is 626 g/mol. The molecule has 0 amide bonds. The summed E-state index contributed by atoms with van der Waals surface area (Å²) < 4.78 is 15.6. The molecule has 0 fully saturated rings. The lowest BCUT2D eigenvalue weighted by molar-refractivity contribution is -0.142. The van der Waals surface area contributed by atoms with E-state index in [1.54, 1.807) is 32.0 Å². The van der Waals surface area contributed by atoms with Crippen molar-refractivity contribution >= 4 is 27.9 Å². The lowest BCUT2D eigenvalue weighted by Gasteiger charge is -2.05. The molecule has 0 aliphatic heterocycles. The van der Waals surface area contributed by atoms with Crippen LogP contribution in [0.2, 0.25) is 0 Å². The zero-order chi connectivity index (χ0) is 35.4. The van der Waals surface area contributed by atoms with Gasteiger partial charge in [0, 0.05) is 23.6 Å². The van der Waals surface area contributed by atoms with Gasteiger partial charge in [-0.1, -0.05) is 125 Å². The Morgan fingerprint density at radius 1 is 0.644 bits per heavy atom. The summed E-state index contributed by atoms with van der Waals surface area (Å²) in [5.74, 6) is -0.364. The van der Waals surface area contributed by atoms with E-state index in [9.17, 15) is 14.4 Å². The van der Waals surface area contributed by atoms with Crippen molar-refractivity contribution in [3.05, 3.63) is 91.6 Å². The van der Waals surface area contributed by atoms with Gasteiger partial charge in [-0.05, 0) is 39.0 Å². The van der Waals surface area contributed by atoms with Gasteiger partial charge in [0.25, 0.3) is 0 Å². The Bertz CT molecular complexity index is 1410. The zero-order valence-electron chi connectivity index (χ0n) is 30.8. The lowest BCUT2D eigenvalue weighted by Crippen LogP contribution is -2.06. The van der Waals surface area contributed by atoms with Crippen LogP contribution in [0.5, 0.6) is 0 Å². The Labute approximate surface area is 273 Å². The van der Waals surface area contributed by atoms with Gasteiger partial charge in [-0.15, -0.1) is 0 Å². The van der Waals surface area contributed by atoms with E-state index in [-0.39, 0.29) is 23.4 Å². The number of carbonyl (C=O) groups is 1. The van der Waals surface area contributed by atoms with E-state index in [4.69, 9.17) is 13.6 Å². The molecule has 0 aliphatic carbocycles. The third kappa shape index (κ3) is 20.1. The molecule has 0 N–H and O–H groups in total. The van der Waals surface area contributed by atoms with Crippen molar-refractivity contribution in [3.8, 4) is 0 Å². The first kappa shape index (κ1) is 45.8. The molecule has 45 heavy (non-hydrogen) atoms. The average molecular weight is 627 g/mol. The fraction of sp³-hybridized carbons (Fsp3) is 0.513. The predicted octanol–water partition coefficient (Wildman–Crippen LogP) is 11.7. The van der Waals surface area contributed by atoms with Crippen LogP contribution in [0, 0.1) is 20.8 Å². The molecule has 6 heteroatoms. The van der Waals surface area contributed by atoms with Crippen molar-refractivity contribution in [1.82, 2.24) is 0 Å². The molecular weight excluding hydrogens is 564 g/mol. The van der Waals surface area contributed by atoms with Crippen molar-refractivity contribution in [1.29, 1.82) is 0 Å². The molecule has 2 heterocycles. The van der Waals surface area contributed by atoms with E-state index >= 15 is 0 Å². The standard InChI is InChI=1S/C13H12O4.C11H10O2.5C3H8/c1-8-6-17-13-10(7-16-9(2)14)4-3-5-11(13)12(8)15;1-7-3-4-10-9(5-7)11(12)8(2)6-13-10;5*1-3-2/h3-6H,7H2,1-2H3;3-6H,1-2H3;5*3H2,1-2H3. The molecule has 4 aromatic rings. The number of benzene rings is 2. The maximum absolute atomic E-state index is 11.9. The van der Waals surface area contributed by atoms with E-state index < -0.39 is 0 Å². The quantitative estimate of drug-likeness (QED) is 0.206. The number of hydrogen-bond acceptors (Lipinski definition) is 6. The van der Waals surface area contributed by atoms with Crippen molar-refractivity contribution in [2.24, 2.45) is 0 Å². The van der Waals surface area contributed by atoms with Gasteiger partial charge in [0.05, 0.1) is 23.3 Å². The molecule has 0 bridgehead atoms. The minimum absolute atomic E-state index is 0.0593. The maximum Gasteiger partial charge on any atom is 0.302 e. The van der Waals surface area contributed by atoms with Crippen LogP contribution in [-0.4, -0.2) is 5.97 Å². The summed E-state index contributed by atoms with van der Waals surface area (Å²) in [6.45, 7) is 28.1. The van der Waals surface area contributed by atoms with Crippen LogP contribution in [-0.2, 0) is 16.1 Å². The highest BCUT2D eigenvalue weighted by Gasteiger charge is 2.09. The first-order valence-corrected chi connectivity index (χ1v) is 16.5. The molecule has 0 saturated heterocycles. The summed E-state index contributed by atoms with van der Waals surface area (Å²) in [6.07, 6.45) is 9.17. The molecule has 0 atom stereocenters. The molecule has 6 nitrogen and oxygen atoms in total. The summed E-state index contributed by atoms with van der Waals surface area (Å²) in [6, 6.07) is 10.8. The van der Waals surface area contributed by atoms with Gasteiger partial charge in [-0.25, -0.2) is 0 Å². The van der Waals surface area contributed by atoms with Crippen molar-refractivity contribution < 1.29 is 18.4 Å². The van der Waals surface area contributed by atoms with Gasteiger partial charge in [0.2, 0.25) is 0 Å². The minimum Gasteiger partial charge on any atom is -0.464 e. The maximum atomic E-state index is 11.9. The SMILES string of the molecule is CC(=O)OCc1cccc2c(=O)c(C)coc12.CCC.CCC.CCC.CCC.CCC.Cc1ccc2occ(C)c(=O)c2c1. The second-order valence-electron chi connectivity index (χ2n) is 10.6. The highest BCUT2D eigenvalue weighted by Crippen LogP contribution is 2.17. The minimum atomic E-state index is -0.364. The fourth-order valence-electron chi connectivity index (χ4n) is 2.95. The zero-order valence-corrected chi connectivity index (χ0v) is 30.8. The number of para-hydroxylation sites is 1. The number of rotatable bonds is 2. The summed E-state index contributed by atoms with van der Waals surface area (Å²) in [4.78, 5) is 34.2. The molecule has 4 rings (SSSR count). The fourth-order valence-corrected chi connectivity index (χ4v) is 2.95. The van der Waals surface area contributed by atoms with E-state index in [0.717, 1.165) is 5.56 Å². The van der Waals surface area contributed by atoms with Crippen molar-refractivity contribution in [3.63, 3.8) is 0 Å². The summed E-state index contributed by atoms with van der Waals surface area (Å²) in [5.41, 5.74) is 4.10. The van der Waals surface area contributed by atoms with Crippen molar-refractivity contribution in [2.45, 2.75) is 136 Å². The topological polar surface area (TPSA) is 86.7 Å². The number of hydrogen-bond donors (Lipinski definition) is 0. The largest absolute Gasteiger partial charge is 0.464 e. The summed E-state index contributed by atoms with van der Waals surface area (Å²) >= 11 is 0. The molecule has 0 unspecified atom stereocenters. The number of esters is 1. The molecule has 2 aromatic heterocycles. The van der Waals surface area contributed by atoms with Gasteiger partial charge in [-0.3, -0.25) is 14.4 Å². The number of carbonyl (C=O) groups excluding carboxylic acids is 1. The lowest BCUT2D eigenvalue weighted by atomic mass is 10.1.